The molecule has 0 saturated carbocycles. The molecule has 2 N–H and O–H groups in total. The fourth-order valence-electron chi connectivity index (χ4n) is 4.80. The molecule has 1 atom stereocenters. The van der Waals surface area contributed by atoms with Gasteiger partial charge in [0.25, 0.3) is 11.8 Å². The number of aromatic nitrogens is 2. The number of pyridine rings is 1. The first-order valence-corrected chi connectivity index (χ1v) is 11.9. The molecule has 4 heterocycles. The van der Waals surface area contributed by atoms with Gasteiger partial charge < -0.3 is 15.0 Å². The molecule has 0 radical (unpaired) electrons. The number of primary amides is 1. The molecular weight excluding hydrogens is 420 g/mol. The number of likely N-dealkylation sites (tertiary alicyclic amines) is 1. The van der Waals surface area contributed by atoms with Crippen LogP contribution in [0.3, 0.4) is 0 Å². The zero-order valence-corrected chi connectivity index (χ0v) is 18.9. The number of carbonyl (C=O) groups is 2. The molecule has 0 unspecified atom stereocenters. The van der Waals surface area contributed by atoms with E-state index in [4.69, 9.17) is 5.73 Å². The smallest absolute Gasteiger partial charge is 0.274 e. The van der Waals surface area contributed by atoms with Crippen LogP contribution in [0.5, 0.6) is 0 Å². The molecule has 5 rings (SSSR count). The summed E-state index contributed by atoms with van der Waals surface area (Å²) in [6, 6.07) is 12.0. The Hall–Kier alpha value is -3.19. The average molecular weight is 447 g/mol. The number of benzene rings is 1. The van der Waals surface area contributed by atoms with Crippen molar-refractivity contribution in [1.82, 2.24) is 14.3 Å². The van der Waals surface area contributed by atoms with Crippen LogP contribution < -0.4 is 5.73 Å². The van der Waals surface area contributed by atoms with E-state index in [1.807, 2.05) is 65.0 Å². The van der Waals surface area contributed by atoms with E-state index in [1.54, 1.807) is 0 Å². The molecule has 1 fully saturated rings. The number of nitrogens with two attached hydrogens (primary N) is 1. The van der Waals surface area contributed by atoms with E-state index < -0.39 is 5.91 Å². The van der Waals surface area contributed by atoms with Crippen molar-refractivity contribution in [3.05, 3.63) is 70.5 Å². The van der Waals surface area contributed by atoms with E-state index in [9.17, 15) is 9.59 Å². The van der Waals surface area contributed by atoms with Crippen LogP contribution in [0.15, 0.2) is 48.8 Å². The lowest BCUT2D eigenvalue weighted by Crippen LogP contribution is -2.41. The van der Waals surface area contributed by atoms with Crippen molar-refractivity contribution in [3.63, 3.8) is 0 Å². The standard InChI is InChI=1S/C25H26N4O2S/c1-16-8-7-12-28-15-20(27-24(16)28)25(31)29-13-6-2-3-9-17(29)14-19-18-10-4-5-11-21(18)32-22(19)23(26)30/h4-5,7-8,10-12,15,17H,2-3,6,9,13-14H2,1H3,(H2,26,30)/t17-/m1/s1. The van der Waals surface area contributed by atoms with Crippen LogP contribution in [0.25, 0.3) is 15.7 Å². The van der Waals surface area contributed by atoms with Gasteiger partial charge in [-0.25, -0.2) is 4.98 Å². The summed E-state index contributed by atoms with van der Waals surface area (Å²) < 4.78 is 2.96. The van der Waals surface area contributed by atoms with Gasteiger partial charge in [-0.05, 0) is 54.8 Å². The highest BCUT2D eigenvalue weighted by Gasteiger charge is 2.30. The summed E-state index contributed by atoms with van der Waals surface area (Å²) in [5.41, 5.74) is 9.01. The van der Waals surface area contributed by atoms with Crippen molar-refractivity contribution in [1.29, 1.82) is 0 Å². The first kappa shape index (κ1) is 20.7. The highest BCUT2D eigenvalue weighted by Crippen LogP contribution is 2.34. The molecule has 32 heavy (non-hydrogen) atoms. The second-order valence-corrected chi connectivity index (χ2v) is 9.58. The lowest BCUT2D eigenvalue weighted by atomic mass is 9.97. The van der Waals surface area contributed by atoms with Crippen molar-refractivity contribution in [2.45, 2.75) is 45.1 Å². The maximum Gasteiger partial charge on any atom is 0.274 e. The van der Waals surface area contributed by atoms with Crippen LogP contribution in [0.4, 0.5) is 0 Å². The Kier molecular flexibility index (Phi) is 5.43. The molecule has 1 aromatic carbocycles. The van der Waals surface area contributed by atoms with E-state index in [0.717, 1.165) is 52.5 Å². The van der Waals surface area contributed by atoms with Crippen LogP contribution in [-0.2, 0) is 6.42 Å². The van der Waals surface area contributed by atoms with Crippen molar-refractivity contribution in [2.24, 2.45) is 5.73 Å². The van der Waals surface area contributed by atoms with Gasteiger partial charge in [-0.15, -0.1) is 11.3 Å². The molecule has 0 spiro atoms. The number of aryl methyl sites for hydroxylation is 1. The summed E-state index contributed by atoms with van der Waals surface area (Å²) in [6.45, 7) is 2.70. The molecule has 3 aromatic heterocycles. The average Bonchev–Trinajstić information content (AvgIpc) is 3.30. The zero-order valence-electron chi connectivity index (χ0n) is 18.1. The number of amides is 2. The Balaban J connectivity index is 1.52. The molecule has 4 aromatic rings. The number of imidazole rings is 1. The highest BCUT2D eigenvalue weighted by molar-refractivity contribution is 7.21. The summed E-state index contributed by atoms with van der Waals surface area (Å²) in [4.78, 5) is 33.0. The maximum atomic E-state index is 13.6. The van der Waals surface area contributed by atoms with Crippen LogP contribution in [0.2, 0.25) is 0 Å². The van der Waals surface area contributed by atoms with E-state index in [-0.39, 0.29) is 11.9 Å². The fourth-order valence-corrected chi connectivity index (χ4v) is 5.88. The molecular formula is C25H26N4O2S. The van der Waals surface area contributed by atoms with Crippen LogP contribution in [0.1, 0.15) is 57.0 Å². The SMILES string of the molecule is Cc1cccn2cc(C(=O)N3CCCCC[C@@H]3Cc3c(C(N)=O)sc4ccccc34)nc12. The molecule has 0 bridgehead atoms. The predicted molar refractivity (Wildman–Crippen MR) is 127 cm³/mol. The Bertz CT molecular complexity index is 1320. The highest BCUT2D eigenvalue weighted by atomic mass is 32.1. The molecule has 6 nitrogen and oxygen atoms in total. The number of fused-ring (bicyclic) bond motifs is 2. The van der Waals surface area contributed by atoms with E-state index in [1.165, 1.54) is 11.3 Å². The Morgan fingerprint density at radius 2 is 2.00 bits per heavy atom. The summed E-state index contributed by atoms with van der Waals surface area (Å²) >= 11 is 1.44. The monoisotopic (exact) mass is 446 g/mol. The molecule has 7 heteroatoms. The molecule has 164 valence electrons. The van der Waals surface area contributed by atoms with Gasteiger partial charge in [-0.3, -0.25) is 9.59 Å². The quantitative estimate of drug-likeness (QED) is 0.498. The zero-order chi connectivity index (χ0) is 22.2. The minimum atomic E-state index is -0.400. The first-order chi connectivity index (χ1) is 15.5. The molecule has 1 aliphatic rings. The third kappa shape index (κ3) is 3.66. The predicted octanol–water partition coefficient (Wildman–Crippen LogP) is 4.58. The number of nitrogens with zero attached hydrogens (tertiary/aromatic N) is 3. The van der Waals surface area contributed by atoms with E-state index in [0.29, 0.717) is 23.5 Å². The number of thiophene rings is 1. The van der Waals surface area contributed by atoms with Crippen LogP contribution >= 0.6 is 11.3 Å². The molecule has 1 saturated heterocycles. The lowest BCUT2D eigenvalue weighted by Gasteiger charge is -2.30. The van der Waals surface area contributed by atoms with Crippen LogP contribution in [0, 0.1) is 6.92 Å². The summed E-state index contributed by atoms with van der Waals surface area (Å²) in [6.07, 6.45) is 8.40. The Labute approximate surface area is 190 Å². The summed E-state index contributed by atoms with van der Waals surface area (Å²) in [7, 11) is 0. The van der Waals surface area contributed by atoms with E-state index >= 15 is 0 Å². The van der Waals surface area contributed by atoms with Gasteiger partial charge in [0.1, 0.15) is 11.3 Å². The van der Waals surface area contributed by atoms with Crippen molar-refractivity contribution in [3.8, 4) is 0 Å². The molecule has 2 amide bonds. The normalized spacial score (nSPS) is 17.0. The van der Waals surface area contributed by atoms with Crippen molar-refractivity contribution >= 4 is 38.9 Å². The van der Waals surface area contributed by atoms with Crippen LogP contribution in [-0.4, -0.2) is 38.7 Å². The van der Waals surface area contributed by atoms with Crippen molar-refractivity contribution in [2.75, 3.05) is 6.54 Å². The third-order valence-electron chi connectivity index (χ3n) is 6.40. The minimum Gasteiger partial charge on any atom is -0.365 e. The topological polar surface area (TPSA) is 80.7 Å². The Morgan fingerprint density at radius 3 is 2.81 bits per heavy atom. The van der Waals surface area contributed by atoms with Gasteiger partial charge in [-0.1, -0.05) is 37.1 Å². The van der Waals surface area contributed by atoms with Gasteiger partial charge in [0.05, 0.1) is 4.88 Å². The number of hydrogen-bond donors (Lipinski definition) is 1. The molecule has 0 aliphatic carbocycles. The Morgan fingerprint density at radius 1 is 1.16 bits per heavy atom. The molecule has 1 aliphatic heterocycles. The van der Waals surface area contributed by atoms with Gasteiger partial charge >= 0.3 is 0 Å². The largest absolute Gasteiger partial charge is 0.365 e. The second kappa shape index (κ2) is 8.39. The van der Waals surface area contributed by atoms with Gasteiger partial charge in [0.15, 0.2) is 0 Å². The summed E-state index contributed by atoms with van der Waals surface area (Å²) in [5, 5.41) is 1.06. The first-order valence-electron chi connectivity index (χ1n) is 11.1. The van der Waals surface area contributed by atoms with Gasteiger partial charge in [0.2, 0.25) is 0 Å². The number of hydrogen-bond acceptors (Lipinski definition) is 4. The number of carbonyl (C=O) groups excluding carboxylic acids is 2. The van der Waals surface area contributed by atoms with E-state index in [2.05, 4.69) is 4.98 Å². The summed E-state index contributed by atoms with van der Waals surface area (Å²) in [5.74, 6) is -0.441. The van der Waals surface area contributed by atoms with Gasteiger partial charge in [-0.2, -0.15) is 0 Å². The fraction of sp³-hybridized carbons (Fsp3) is 0.320. The minimum absolute atomic E-state index is 0.00650. The second-order valence-electron chi connectivity index (χ2n) is 8.52. The lowest BCUT2D eigenvalue weighted by molar-refractivity contribution is 0.0677. The van der Waals surface area contributed by atoms with Gasteiger partial charge in [0, 0.05) is 29.7 Å². The number of rotatable bonds is 4. The third-order valence-corrected chi connectivity index (χ3v) is 7.62. The van der Waals surface area contributed by atoms with Crippen molar-refractivity contribution < 1.29 is 9.59 Å². The maximum absolute atomic E-state index is 13.6.